The first-order valence-corrected chi connectivity index (χ1v) is 5.74. The second kappa shape index (κ2) is 4.33. The highest BCUT2D eigenvalue weighted by atomic mass is 16.1. The lowest BCUT2D eigenvalue weighted by Gasteiger charge is -2.07. The Hall–Kier alpha value is -1.62. The van der Waals surface area contributed by atoms with Crippen LogP contribution in [0.3, 0.4) is 0 Å². The van der Waals surface area contributed by atoms with Gasteiger partial charge in [0.25, 0.3) is 5.91 Å². The zero-order valence-electron chi connectivity index (χ0n) is 10.2. The van der Waals surface area contributed by atoms with Gasteiger partial charge in [0.1, 0.15) is 5.69 Å². The molecule has 2 rings (SSSR count). The Morgan fingerprint density at radius 1 is 1.65 bits per heavy atom. The average Bonchev–Trinajstić information content (AvgIpc) is 2.94. The van der Waals surface area contributed by atoms with Gasteiger partial charge in [0.2, 0.25) is 0 Å². The van der Waals surface area contributed by atoms with Crippen molar-refractivity contribution < 1.29 is 4.79 Å². The molecule has 17 heavy (non-hydrogen) atoms. The quantitative estimate of drug-likeness (QED) is 0.539. The van der Waals surface area contributed by atoms with E-state index in [2.05, 4.69) is 29.6 Å². The number of nitrogens with one attached hydrogen (secondary N) is 2. The molecule has 0 saturated heterocycles. The smallest absolute Gasteiger partial charge is 0.269 e. The summed E-state index contributed by atoms with van der Waals surface area (Å²) in [5, 5.41) is 2.90. The summed E-state index contributed by atoms with van der Waals surface area (Å²) in [6.45, 7) is 5.13. The number of amides is 1. The van der Waals surface area contributed by atoms with Gasteiger partial charge in [-0.05, 0) is 29.9 Å². The molecule has 0 aliphatic heterocycles. The number of nitrogen functional groups attached to an aromatic ring is 1. The molecule has 0 spiro atoms. The van der Waals surface area contributed by atoms with Crippen molar-refractivity contribution in [1.29, 1.82) is 0 Å². The van der Waals surface area contributed by atoms with Gasteiger partial charge >= 0.3 is 0 Å². The van der Waals surface area contributed by atoms with Gasteiger partial charge in [0.15, 0.2) is 0 Å². The van der Waals surface area contributed by atoms with Crippen molar-refractivity contribution >= 4 is 11.6 Å². The van der Waals surface area contributed by atoms with Gasteiger partial charge < -0.3 is 10.7 Å². The zero-order valence-corrected chi connectivity index (χ0v) is 10.2. The fourth-order valence-electron chi connectivity index (χ4n) is 1.88. The summed E-state index contributed by atoms with van der Waals surface area (Å²) >= 11 is 0. The highest BCUT2D eigenvalue weighted by molar-refractivity contribution is 5.93. The van der Waals surface area contributed by atoms with Gasteiger partial charge in [-0.15, -0.1) is 0 Å². The number of nitrogens with two attached hydrogens (primary N) is 1. The summed E-state index contributed by atoms with van der Waals surface area (Å²) in [6, 6.07) is 3.34. The Morgan fingerprint density at radius 3 is 2.94 bits per heavy atom. The van der Waals surface area contributed by atoms with E-state index >= 15 is 0 Å². The van der Waals surface area contributed by atoms with Gasteiger partial charge in [-0.1, -0.05) is 13.8 Å². The first-order chi connectivity index (χ1) is 8.03. The Morgan fingerprint density at radius 2 is 2.35 bits per heavy atom. The second-order valence-corrected chi connectivity index (χ2v) is 5.17. The van der Waals surface area contributed by atoms with E-state index in [1.165, 1.54) is 6.42 Å². The third-order valence-corrected chi connectivity index (χ3v) is 3.39. The van der Waals surface area contributed by atoms with Crippen LogP contribution in [0.2, 0.25) is 0 Å². The maximum atomic E-state index is 11.8. The van der Waals surface area contributed by atoms with Crippen LogP contribution in [0.25, 0.3) is 0 Å². The van der Waals surface area contributed by atoms with Gasteiger partial charge in [-0.3, -0.25) is 15.6 Å². The molecule has 4 N–H and O–H groups in total. The van der Waals surface area contributed by atoms with Crippen molar-refractivity contribution in [2.45, 2.75) is 20.3 Å². The van der Waals surface area contributed by atoms with Crippen LogP contribution in [-0.2, 0) is 0 Å². The molecule has 92 valence electrons. The molecule has 5 nitrogen and oxygen atoms in total. The fourth-order valence-corrected chi connectivity index (χ4v) is 1.88. The molecule has 5 heteroatoms. The van der Waals surface area contributed by atoms with Crippen LogP contribution < -0.4 is 16.6 Å². The molecule has 1 fully saturated rings. The Kier molecular flexibility index (Phi) is 3.02. The molecular weight excluding hydrogens is 216 g/mol. The SMILES string of the molecule is CC1(C)CC1CNC(=O)c1cc(NN)ccn1. The molecule has 1 heterocycles. The number of pyridine rings is 1. The number of nitrogens with zero attached hydrogens (tertiary/aromatic N) is 1. The topological polar surface area (TPSA) is 80.0 Å². The third kappa shape index (κ3) is 2.74. The van der Waals surface area contributed by atoms with E-state index in [1.807, 2.05) is 0 Å². The summed E-state index contributed by atoms with van der Waals surface area (Å²) in [7, 11) is 0. The molecule has 1 unspecified atom stereocenters. The van der Waals surface area contributed by atoms with Crippen LogP contribution in [0.4, 0.5) is 5.69 Å². The number of rotatable bonds is 4. The van der Waals surface area contributed by atoms with E-state index in [9.17, 15) is 4.79 Å². The molecule has 0 radical (unpaired) electrons. The van der Waals surface area contributed by atoms with Crippen molar-refractivity contribution in [1.82, 2.24) is 10.3 Å². The van der Waals surface area contributed by atoms with E-state index < -0.39 is 0 Å². The molecule has 0 aromatic carbocycles. The number of aromatic nitrogens is 1. The molecule has 1 amide bonds. The molecule has 1 aromatic heterocycles. The van der Waals surface area contributed by atoms with Gasteiger partial charge in [0, 0.05) is 12.7 Å². The van der Waals surface area contributed by atoms with E-state index in [-0.39, 0.29) is 5.91 Å². The molecule has 1 aliphatic carbocycles. The number of carbonyl (C=O) groups is 1. The van der Waals surface area contributed by atoms with Crippen molar-refractivity contribution in [3.05, 3.63) is 24.0 Å². The predicted octanol–water partition coefficient (Wildman–Crippen LogP) is 1.14. The average molecular weight is 234 g/mol. The molecular formula is C12H18N4O. The van der Waals surface area contributed by atoms with Crippen molar-refractivity contribution in [2.75, 3.05) is 12.0 Å². The lowest BCUT2D eigenvalue weighted by Crippen LogP contribution is -2.27. The predicted molar refractivity (Wildman–Crippen MR) is 66.3 cm³/mol. The van der Waals surface area contributed by atoms with Crippen molar-refractivity contribution in [3.8, 4) is 0 Å². The van der Waals surface area contributed by atoms with Crippen molar-refractivity contribution in [2.24, 2.45) is 17.2 Å². The van der Waals surface area contributed by atoms with Crippen LogP contribution in [0.1, 0.15) is 30.8 Å². The number of carbonyl (C=O) groups excluding carboxylic acids is 1. The molecule has 1 saturated carbocycles. The summed E-state index contributed by atoms with van der Waals surface area (Å²) < 4.78 is 0. The van der Waals surface area contributed by atoms with E-state index in [0.29, 0.717) is 29.3 Å². The number of hydrogen-bond donors (Lipinski definition) is 3. The van der Waals surface area contributed by atoms with E-state index in [1.54, 1.807) is 18.3 Å². The lowest BCUT2D eigenvalue weighted by molar-refractivity contribution is 0.0945. The third-order valence-electron chi connectivity index (χ3n) is 3.39. The molecule has 1 atom stereocenters. The molecule has 1 aliphatic rings. The van der Waals surface area contributed by atoms with Crippen LogP contribution in [0.5, 0.6) is 0 Å². The summed E-state index contributed by atoms with van der Waals surface area (Å²) in [4.78, 5) is 15.8. The van der Waals surface area contributed by atoms with Crippen LogP contribution in [-0.4, -0.2) is 17.4 Å². The maximum Gasteiger partial charge on any atom is 0.269 e. The summed E-state index contributed by atoms with van der Waals surface area (Å²) in [6.07, 6.45) is 2.73. The largest absolute Gasteiger partial charge is 0.350 e. The Labute approximate surface area is 101 Å². The van der Waals surface area contributed by atoms with Gasteiger partial charge in [0.05, 0.1) is 5.69 Å². The number of hydrazine groups is 1. The zero-order chi connectivity index (χ0) is 12.5. The highest BCUT2D eigenvalue weighted by Gasteiger charge is 2.45. The number of anilines is 1. The summed E-state index contributed by atoms with van der Waals surface area (Å²) in [5.41, 5.74) is 3.93. The van der Waals surface area contributed by atoms with Crippen LogP contribution >= 0.6 is 0 Å². The Bertz CT molecular complexity index is 430. The van der Waals surface area contributed by atoms with E-state index in [0.717, 1.165) is 0 Å². The van der Waals surface area contributed by atoms with E-state index in [4.69, 9.17) is 5.84 Å². The van der Waals surface area contributed by atoms with Crippen LogP contribution in [0, 0.1) is 11.3 Å². The van der Waals surface area contributed by atoms with Crippen molar-refractivity contribution in [3.63, 3.8) is 0 Å². The maximum absolute atomic E-state index is 11.8. The molecule has 1 aromatic rings. The minimum absolute atomic E-state index is 0.148. The molecule has 0 bridgehead atoms. The van der Waals surface area contributed by atoms with Gasteiger partial charge in [-0.25, -0.2) is 0 Å². The lowest BCUT2D eigenvalue weighted by atomic mass is 10.1. The minimum Gasteiger partial charge on any atom is -0.350 e. The Balaban J connectivity index is 1.91. The second-order valence-electron chi connectivity index (χ2n) is 5.17. The standard InChI is InChI=1S/C12H18N4O/c1-12(2)6-8(12)7-15-11(17)10-5-9(16-13)3-4-14-10/h3-5,8H,6-7,13H2,1-2H3,(H,14,16)(H,15,17). The monoisotopic (exact) mass is 234 g/mol. The number of hydrogen-bond acceptors (Lipinski definition) is 4. The fraction of sp³-hybridized carbons (Fsp3) is 0.500. The minimum atomic E-state index is -0.148. The normalized spacial score (nSPS) is 20.8. The first-order valence-electron chi connectivity index (χ1n) is 5.74. The first kappa shape index (κ1) is 11.9. The summed E-state index contributed by atoms with van der Waals surface area (Å²) in [5.74, 6) is 5.71. The van der Waals surface area contributed by atoms with Gasteiger partial charge in [-0.2, -0.15) is 0 Å². The highest BCUT2D eigenvalue weighted by Crippen LogP contribution is 2.50. The van der Waals surface area contributed by atoms with Crippen LogP contribution in [0.15, 0.2) is 18.3 Å².